The summed E-state index contributed by atoms with van der Waals surface area (Å²) in [7, 11) is 5.87. The first-order valence-electron chi connectivity index (χ1n) is 9.06. The number of hydrogen-bond donors (Lipinski definition) is 4. The molecule has 0 unspecified atom stereocenters. The van der Waals surface area contributed by atoms with Crippen LogP contribution in [-0.4, -0.2) is 60.1 Å². The molecule has 3 rings (SSSR count). The number of carbonyl (C=O) groups excluding carboxylic acids is 1. The molecule has 2 aromatic rings. The van der Waals surface area contributed by atoms with Crippen molar-refractivity contribution in [1.82, 2.24) is 14.9 Å². The van der Waals surface area contributed by atoms with E-state index in [0.717, 1.165) is 31.6 Å². The number of likely N-dealkylation sites (tertiary alicyclic amines) is 1. The zero-order chi connectivity index (χ0) is 19.1. The molecule has 4 N–H and O–H groups in total. The van der Waals surface area contributed by atoms with Gasteiger partial charge in [-0.05, 0) is 42.9 Å². The fourth-order valence-electron chi connectivity index (χ4n) is 2.81. The predicted molar refractivity (Wildman–Crippen MR) is 107 cm³/mol. The molecule has 0 saturated carbocycles. The van der Waals surface area contributed by atoms with Gasteiger partial charge in [-0.2, -0.15) is 4.98 Å². The van der Waals surface area contributed by atoms with Crippen molar-refractivity contribution in [3.63, 3.8) is 0 Å². The Morgan fingerprint density at radius 1 is 1.26 bits per heavy atom. The van der Waals surface area contributed by atoms with Crippen molar-refractivity contribution in [3.8, 4) is 0 Å². The van der Waals surface area contributed by atoms with Gasteiger partial charge in [0.25, 0.3) is 0 Å². The number of carbonyl (C=O) groups is 1. The SMILES string of the molecule is [B]c1cnc(Nc2cccc(NC(=O)N3CCCC3)c2)nc1NCCCO. The summed E-state index contributed by atoms with van der Waals surface area (Å²) in [5, 5.41) is 18.0. The van der Waals surface area contributed by atoms with Gasteiger partial charge in [0, 0.05) is 43.8 Å². The summed E-state index contributed by atoms with van der Waals surface area (Å²) < 4.78 is 0. The quantitative estimate of drug-likeness (QED) is 0.437. The second kappa shape index (κ2) is 9.22. The molecule has 2 heterocycles. The standard InChI is InChI=1S/C18H23BN6O2/c19-15-12-21-17(24-16(15)20-7-4-10-26)22-13-5-3-6-14(11-13)23-18(27)25-8-1-2-9-25/h3,5-6,11-12,26H,1-2,4,7-10H2,(H,23,27)(H2,20,21,22,24). The smallest absolute Gasteiger partial charge is 0.321 e. The number of aliphatic hydroxyl groups excluding tert-OH is 1. The van der Waals surface area contributed by atoms with Crippen LogP contribution in [0.3, 0.4) is 0 Å². The highest BCUT2D eigenvalue weighted by Gasteiger charge is 2.17. The van der Waals surface area contributed by atoms with E-state index in [1.807, 2.05) is 29.2 Å². The number of rotatable bonds is 7. The first kappa shape index (κ1) is 19.0. The van der Waals surface area contributed by atoms with Crippen LogP contribution in [0, 0.1) is 0 Å². The maximum absolute atomic E-state index is 12.2. The molecule has 0 atom stereocenters. The van der Waals surface area contributed by atoms with Crippen molar-refractivity contribution in [1.29, 1.82) is 0 Å². The molecule has 0 bridgehead atoms. The van der Waals surface area contributed by atoms with Crippen molar-refractivity contribution >= 4 is 42.5 Å². The fraction of sp³-hybridized carbons (Fsp3) is 0.389. The number of nitrogens with one attached hydrogen (secondary N) is 3. The van der Waals surface area contributed by atoms with E-state index >= 15 is 0 Å². The van der Waals surface area contributed by atoms with Gasteiger partial charge in [-0.15, -0.1) is 0 Å². The van der Waals surface area contributed by atoms with E-state index in [4.69, 9.17) is 13.0 Å². The zero-order valence-electron chi connectivity index (χ0n) is 15.1. The Morgan fingerprint density at radius 2 is 2.04 bits per heavy atom. The maximum atomic E-state index is 12.2. The Balaban J connectivity index is 1.65. The summed E-state index contributed by atoms with van der Waals surface area (Å²) in [6.07, 6.45) is 4.23. The van der Waals surface area contributed by atoms with Gasteiger partial charge < -0.3 is 26.0 Å². The van der Waals surface area contributed by atoms with Gasteiger partial charge in [-0.3, -0.25) is 0 Å². The summed E-state index contributed by atoms with van der Waals surface area (Å²) in [6, 6.07) is 7.30. The Morgan fingerprint density at radius 3 is 2.81 bits per heavy atom. The molecule has 1 aliphatic rings. The molecular formula is C18H23BN6O2. The van der Waals surface area contributed by atoms with Gasteiger partial charge in [0.05, 0.1) is 0 Å². The number of amides is 2. The van der Waals surface area contributed by atoms with Crippen LogP contribution < -0.4 is 21.4 Å². The molecule has 9 heteroatoms. The molecule has 140 valence electrons. The average molecular weight is 366 g/mol. The van der Waals surface area contributed by atoms with E-state index in [1.165, 1.54) is 6.20 Å². The monoisotopic (exact) mass is 366 g/mol. The van der Waals surface area contributed by atoms with Crippen LogP contribution in [0.5, 0.6) is 0 Å². The van der Waals surface area contributed by atoms with Crippen molar-refractivity contribution in [2.75, 3.05) is 42.2 Å². The van der Waals surface area contributed by atoms with Gasteiger partial charge in [0.2, 0.25) is 5.95 Å². The number of urea groups is 1. The third-order valence-corrected chi connectivity index (χ3v) is 4.21. The number of hydrogen-bond acceptors (Lipinski definition) is 6. The Hall–Kier alpha value is -2.81. The summed E-state index contributed by atoms with van der Waals surface area (Å²) >= 11 is 0. The minimum atomic E-state index is -0.0799. The Bertz CT molecular complexity index is 782. The number of aliphatic hydroxyl groups is 1. The van der Waals surface area contributed by atoms with Crippen molar-refractivity contribution < 1.29 is 9.90 Å². The lowest BCUT2D eigenvalue weighted by molar-refractivity contribution is 0.222. The van der Waals surface area contributed by atoms with Crippen LogP contribution in [0.25, 0.3) is 0 Å². The Labute approximate surface area is 159 Å². The summed E-state index contributed by atoms with van der Waals surface area (Å²) in [5.41, 5.74) is 1.89. The average Bonchev–Trinajstić information content (AvgIpc) is 3.20. The molecule has 0 aliphatic carbocycles. The van der Waals surface area contributed by atoms with Gasteiger partial charge in [0.1, 0.15) is 13.7 Å². The third kappa shape index (κ3) is 5.33. The molecule has 0 spiro atoms. The van der Waals surface area contributed by atoms with Crippen LogP contribution >= 0.6 is 0 Å². The lowest BCUT2D eigenvalue weighted by Crippen LogP contribution is -2.32. The van der Waals surface area contributed by atoms with Crippen LogP contribution in [-0.2, 0) is 0 Å². The molecule has 1 aliphatic heterocycles. The number of anilines is 4. The summed E-state index contributed by atoms with van der Waals surface area (Å²) in [6.45, 7) is 2.26. The normalized spacial score (nSPS) is 13.4. The minimum absolute atomic E-state index is 0.0799. The van der Waals surface area contributed by atoms with E-state index in [-0.39, 0.29) is 12.6 Å². The highest BCUT2D eigenvalue weighted by atomic mass is 16.3. The molecular weight excluding hydrogens is 343 g/mol. The third-order valence-electron chi connectivity index (χ3n) is 4.21. The van der Waals surface area contributed by atoms with Crippen molar-refractivity contribution in [3.05, 3.63) is 30.5 Å². The zero-order valence-corrected chi connectivity index (χ0v) is 15.1. The highest BCUT2D eigenvalue weighted by molar-refractivity contribution is 6.35. The molecule has 1 saturated heterocycles. The molecule has 1 aromatic carbocycles. The van der Waals surface area contributed by atoms with E-state index in [2.05, 4.69) is 25.9 Å². The van der Waals surface area contributed by atoms with E-state index in [1.54, 1.807) is 0 Å². The first-order chi connectivity index (χ1) is 13.2. The van der Waals surface area contributed by atoms with E-state index < -0.39 is 0 Å². The second-order valence-electron chi connectivity index (χ2n) is 6.33. The van der Waals surface area contributed by atoms with E-state index in [9.17, 15) is 4.79 Å². The topological polar surface area (TPSA) is 102 Å². The maximum Gasteiger partial charge on any atom is 0.321 e. The lowest BCUT2D eigenvalue weighted by atomic mass is 9.99. The molecule has 2 amide bonds. The van der Waals surface area contributed by atoms with Gasteiger partial charge in [-0.25, -0.2) is 9.78 Å². The highest BCUT2D eigenvalue weighted by Crippen LogP contribution is 2.19. The first-order valence-corrected chi connectivity index (χ1v) is 9.06. The molecule has 1 fully saturated rings. The predicted octanol–water partition coefficient (Wildman–Crippen LogP) is 1.44. The van der Waals surface area contributed by atoms with Crippen LogP contribution in [0.1, 0.15) is 19.3 Å². The number of benzene rings is 1. The summed E-state index contributed by atoms with van der Waals surface area (Å²) in [4.78, 5) is 22.6. The summed E-state index contributed by atoms with van der Waals surface area (Å²) in [5.74, 6) is 0.901. The van der Waals surface area contributed by atoms with Gasteiger partial charge in [-0.1, -0.05) is 6.07 Å². The molecule has 27 heavy (non-hydrogen) atoms. The van der Waals surface area contributed by atoms with Crippen molar-refractivity contribution in [2.45, 2.75) is 19.3 Å². The largest absolute Gasteiger partial charge is 0.396 e. The van der Waals surface area contributed by atoms with Crippen LogP contribution in [0.4, 0.5) is 27.9 Å². The van der Waals surface area contributed by atoms with Crippen LogP contribution in [0.2, 0.25) is 0 Å². The van der Waals surface area contributed by atoms with Crippen LogP contribution in [0.15, 0.2) is 30.5 Å². The lowest BCUT2D eigenvalue weighted by Gasteiger charge is -2.16. The Kier molecular flexibility index (Phi) is 6.48. The fourth-order valence-corrected chi connectivity index (χ4v) is 2.81. The number of nitrogens with zero attached hydrogens (tertiary/aromatic N) is 3. The molecule has 8 nitrogen and oxygen atoms in total. The van der Waals surface area contributed by atoms with Gasteiger partial charge >= 0.3 is 6.03 Å². The van der Waals surface area contributed by atoms with E-state index in [0.29, 0.717) is 35.9 Å². The second-order valence-corrected chi connectivity index (χ2v) is 6.33. The van der Waals surface area contributed by atoms with Crippen molar-refractivity contribution in [2.24, 2.45) is 0 Å². The number of aromatic nitrogens is 2. The molecule has 1 aromatic heterocycles. The molecule has 2 radical (unpaired) electrons. The van der Waals surface area contributed by atoms with Gasteiger partial charge in [0.15, 0.2) is 0 Å². The minimum Gasteiger partial charge on any atom is -0.396 e.